The van der Waals surface area contributed by atoms with Gasteiger partial charge in [-0.25, -0.2) is 0 Å². The molecule has 0 aliphatic carbocycles. The molecular weight excluding hydrogens is 239 g/mol. The second-order valence-corrected chi connectivity index (χ2v) is 4.98. The lowest BCUT2D eigenvalue weighted by Gasteiger charge is -2.19. The summed E-state index contributed by atoms with van der Waals surface area (Å²) >= 11 is 9.76. The molecule has 11 heavy (non-hydrogen) atoms. The summed E-state index contributed by atoms with van der Waals surface area (Å²) in [6, 6.07) is 0. The third-order valence-electron chi connectivity index (χ3n) is 1.32. The molecule has 1 fully saturated rings. The van der Waals surface area contributed by atoms with E-state index in [1.54, 1.807) is 0 Å². The van der Waals surface area contributed by atoms with Gasteiger partial charge in [-0.15, -0.1) is 11.6 Å². The highest BCUT2D eigenvalue weighted by molar-refractivity contribution is 8.06. The third kappa shape index (κ3) is 6.76. The van der Waals surface area contributed by atoms with Gasteiger partial charge < -0.3 is 12.4 Å². The minimum Gasteiger partial charge on any atom is -1.00 e. The maximum absolute atomic E-state index is 5.61. The van der Waals surface area contributed by atoms with Crippen molar-refractivity contribution in [2.45, 2.75) is 11.7 Å². The van der Waals surface area contributed by atoms with Crippen molar-refractivity contribution in [3.05, 3.63) is 0 Å². The Kier molecular flexibility index (Phi) is 13.4. The van der Waals surface area contributed by atoms with Crippen molar-refractivity contribution < 1.29 is 12.4 Å². The van der Waals surface area contributed by atoms with Gasteiger partial charge in [0, 0.05) is 28.4 Å². The Morgan fingerprint density at radius 3 is 2.55 bits per heavy atom. The number of hydrogen-bond donors (Lipinski definition) is 0. The van der Waals surface area contributed by atoms with Crippen molar-refractivity contribution in [1.82, 2.24) is 0 Å². The van der Waals surface area contributed by atoms with E-state index < -0.39 is 0 Å². The van der Waals surface area contributed by atoms with Crippen LogP contribution in [0.2, 0.25) is 0 Å². The zero-order valence-electron chi connectivity index (χ0n) is 6.26. The first-order valence-corrected chi connectivity index (χ1v) is 5.92. The van der Waals surface area contributed by atoms with Crippen LogP contribution in [0.4, 0.5) is 0 Å². The molecular formula is C6H14Cl2S3. The molecule has 0 spiro atoms. The quantitative estimate of drug-likeness (QED) is 0.441. The van der Waals surface area contributed by atoms with Gasteiger partial charge in [0.1, 0.15) is 0 Å². The van der Waals surface area contributed by atoms with Gasteiger partial charge in [-0.05, 0) is 6.42 Å². The van der Waals surface area contributed by atoms with Crippen LogP contribution in [0, 0.1) is 0 Å². The molecule has 0 aromatic heterocycles. The molecule has 1 rings (SSSR count). The lowest BCUT2D eigenvalue weighted by Crippen LogP contribution is -3.00. The van der Waals surface area contributed by atoms with Crippen molar-refractivity contribution in [3.8, 4) is 0 Å². The van der Waals surface area contributed by atoms with E-state index in [4.69, 9.17) is 11.6 Å². The first-order valence-electron chi connectivity index (χ1n) is 3.19. The summed E-state index contributed by atoms with van der Waals surface area (Å²) in [5, 5.41) is 0.848. The zero-order chi connectivity index (χ0) is 6.53. The molecule has 0 saturated carbocycles. The summed E-state index contributed by atoms with van der Waals surface area (Å²) in [6.45, 7) is 0. The zero-order valence-corrected chi connectivity index (χ0v) is 10.6. The van der Waals surface area contributed by atoms with E-state index >= 15 is 0 Å². The van der Waals surface area contributed by atoms with E-state index in [1.165, 1.54) is 23.7 Å². The SMILES string of the molecule is ClCCC1CSCCS1.[Cl-].[SH3+]. The molecule has 1 atom stereocenters. The fourth-order valence-electron chi connectivity index (χ4n) is 0.825. The van der Waals surface area contributed by atoms with E-state index in [2.05, 4.69) is 23.5 Å². The smallest absolute Gasteiger partial charge is 0.0234 e. The fraction of sp³-hybridized carbons (Fsp3) is 1.00. The molecule has 0 aromatic rings. The fourth-order valence-corrected chi connectivity index (χ4v) is 3.96. The van der Waals surface area contributed by atoms with E-state index in [-0.39, 0.29) is 25.9 Å². The summed E-state index contributed by atoms with van der Waals surface area (Å²) in [5.74, 6) is 4.81. The maximum Gasteiger partial charge on any atom is 0.0234 e. The molecule has 5 heteroatoms. The van der Waals surface area contributed by atoms with Crippen LogP contribution in [0.3, 0.4) is 0 Å². The molecule has 0 radical (unpaired) electrons. The maximum atomic E-state index is 5.61. The van der Waals surface area contributed by atoms with Crippen LogP contribution in [-0.4, -0.2) is 28.4 Å². The average Bonchev–Trinajstić information content (AvgIpc) is 1.91. The molecule has 70 valence electrons. The Labute approximate surface area is 95.5 Å². The van der Waals surface area contributed by atoms with E-state index in [0.29, 0.717) is 0 Å². The van der Waals surface area contributed by atoms with Gasteiger partial charge in [0.15, 0.2) is 0 Å². The van der Waals surface area contributed by atoms with Crippen LogP contribution < -0.4 is 12.4 Å². The topological polar surface area (TPSA) is 0 Å². The van der Waals surface area contributed by atoms with Crippen LogP contribution in [0.5, 0.6) is 0 Å². The minimum absolute atomic E-state index is 0. The van der Waals surface area contributed by atoms with Crippen LogP contribution in [-0.2, 0) is 13.5 Å². The Morgan fingerprint density at radius 1 is 1.36 bits per heavy atom. The molecule has 0 nitrogen and oxygen atoms in total. The predicted molar refractivity (Wildman–Crippen MR) is 60.5 cm³/mol. The van der Waals surface area contributed by atoms with Crippen molar-refractivity contribution in [2.75, 3.05) is 23.1 Å². The summed E-state index contributed by atoms with van der Waals surface area (Å²) in [6.07, 6.45) is 1.19. The van der Waals surface area contributed by atoms with Crippen molar-refractivity contribution in [2.24, 2.45) is 0 Å². The van der Waals surface area contributed by atoms with Crippen LogP contribution >= 0.6 is 35.1 Å². The van der Waals surface area contributed by atoms with Crippen LogP contribution in [0.1, 0.15) is 6.42 Å². The van der Waals surface area contributed by atoms with E-state index in [1.807, 2.05) is 0 Å². The first kappa shape index (κ1) is 15.1. The molecule has 0 aromatic carbocycles. The Hall–Kier alpha value is 1.63. The Balaban J connectivity index is 0. The lowest BCUT2D eigenvalue weighted by atomic mass is 10.4. The van der Waals surface area contributed by atoms with E-state index in [0.717, 1.165) is 11.1 Å². The summed E-state index contributed by atoms with van der Waals surface area (Å²) < 4.78 is 0. The van der Waals surface area contributed by atoms with Crippen molar-refractivity contribution in [3.63, 3.8) is 0 Å². The average molecular weight is 253 g/mol. The van der Waals surface area contributed by atoms with Crippen LogP contribution in [0.15, 0.2) is 0 Å². The molecule has 0 bridgehead atoms. The van der Waals surface area contributed by atoms with Crippen molar-refractivity contribution >= 4 is 48.6 Å². The Morgan fingerprint density at radius 2 is 2.09 bits per heavy atom. The summed E-state index contributed by atoms with van der Waals surface area (Å²) in [7, 11) is 0. The normalized spacial score (nSPS) is 23.2. The summed E-state index contributed by atoms with van der Waals surface area (Å²) in [4.78, 5) is 0. The number of hydrogen-bond acceptors (Lipinski definition) is 2. The van der Waals surface area contributed by atoms with Crippen molar-refractivity contribution in [1.29, 1.82) is 0 Å². The highest BCUT2D eigenvalue weighted by atomic mass is 35.5. The van der Waals surface area contributed by atoms with Gasteiger partial charge in [0.2, 0.25) is 0 Å². The molecule has 1 saturated heterocycles. The third-order valence-corrected chi connectivity index (χ3v) is 4.45. The second-order valence-electron chi connectivity index (χ2n) is 2.05. The molecule has 1 unspecified atom stereocenters. The highest BCUT2D eigenvalue weighted by Gasteiger charge is 2.12. The lowest BCUT2D eigenvalue weighted by molar-refractivity contribution is -0.00000181. The highest BCUT2D eigenvalue weighted by Crippen LogP contribution is 2.26. The van der Waals surface area contributed by atoms with Gasteiger partial charge >= 0.3 is 0 Å². The molecule has 1 heterocycles. The summed E-state index contributed by atoms with van der Waals surface area (Å²) in [5.41, 5.74) is 0. The van der Waals surface area contributed by atoms with Gasteiger partial charge in [-0.1, -0.05) is 13.5 Å². The molecule has 0 amide bonds. The predicted octanol–water partition coefficient (Wildman–Crippen LogP) is -1.34. The van der Waals surface area contributed by atoms with Crippen LogP contribution in [0.25, 0.3) is 0 Å². The number of rotatable bonds is 2. The van der Waals surface area contributed by atoms with E-state index in [9.17, 15) is 0 Å². The molecule has 1 aliphatic heterocycles. The monoisotopic (exact) mass is 252 g/mol. The van der Waals surface area contributed by atoms with Gasteiger partial charge in [0.05, 0.1) is 0 Å². The van der Waals surface area contributed by atoms with Gasteiger partial charge in [-0.2, -0.15) is 23.5 Å². The molecule has 1 aliphatic rings. The molecule has 0 N–H and O–H groups in total. The number of thioether (sulfide) groups is 2. The number of halogens is 2. The standard InChI is InChI=1S/C6H11ClS2.ClH.H2S/c7-2-1-6-5-8-3-4-9-6;;/h6H,1-5H2;1H;1H2. The largest absolute Gasteiger partial charge is 1.00 e. The second kappa shape index (κ2) is 9.72. The first-order chi connectivity index (χ1) is 4.43. The number of alkyl halides is 1. The Bertz CT molecular complexity index is 73.5. The van der Waals surface area contributed by atoms with Gasteiger partial charge in [0.25, 0.3) is 0 Å². The minimum atomic E-state index is 0. The van der Waals surface area contributed by atoms with Gasteiger partial charge in [-0.3, -0.25) is 0 Å².